The second-order valence-corrected chi connectivity index (χ2v) is 4.26. The SMILES string of the molecule is COc1ccc(C(=S)SNC(C)=O)cc1. The third kappa shape index (κ3) is 3.89. The fourth-order valence-corrected chi connectivity index (χ4v) is 1.66. The van der Waals surface area contributed by atoms with Crippen molar-refractivity contribution in [2.24, 2.45) is 0 Å². The number of hydrogen-bond donors (Lipinski definition) is 1. The number of benzene rings is 1. The Morgan fingerprint density at radius 2 is 2.00 bits per heavy atom. The summed E-state index contributed by atoms with van der Waals surface area (Å²) in [4.78, 5) is 10.7. The predicted octanol–water partition coefficient (Wildman–Crippen LogP) is 2.16. The fraction of sp³-hybridized carbons (Fsp3) is 0.200. The predicted molar refractivity (Wildman–Crippen MR) is 66.1 cm³/mol. The van der Waals surface area contributed by atoms with Crippen LogP contribution in [0.25, 0.3) is 0 Å². The molecule has 1 aromatic carbocycles. The van der Waals surface area contributed by atoms with Crippen molar-refractivity contribution in [3.8, 4) is 5.75 Å². The van der Waals surface area contributed by atoms with Gasteiger partial charge in [0.25, 0.3) is 0 Å². The average Bonchev–Trinajstić information content (AvgIpc) is 2.26. The highest BCUT2D eigenvalue weighted by Gasteiger charge is 2.03. The number of carbonyl (C=O) groups excluding carboxylic acids is 1. The van der Waals surface area contributed by atoms with Crippen LogP contribution >= 0.6 is 24.2 Å². The molecule has 1 amide bonds. The Bertz CT molecular complexity index is 362. The van der Waals surface area contributed by atoms with Gasteiger partial charge in [0.15, 0.2) is 0 Å². The summed E-state index contributed by atoms with van der Waals surface area (Å²) in [6, 6.07) is 7.37. The molecular weight excluding hydrogens is 230 g/mol. The smallest absolute Gasteiger partial charge is 0.226 e. The van der Waals surface area contributed by atoms with Crippen LogP contribution < -0.4 is 9.46 Å². The second kappa shape index (κ2) is 5.72. The van der Waals surface area contributed by atoms with Gasteiger partial charge in [0.2, 0.25) is 5.91 Å². The van der Waals surface area contributed by atoms with E-state index in [1.165, 1.54) is 6.92 Å². The van der Waals surface area contributed by atoms with Gasteiger partial charge in [-0.1, -0.05) is 12.2 Å². The Morgan fingerprint density at radius 1 is 1.40 bits per heavy atom. The maximum absolute atomic E-state index is 10.7. The first-order chi connectivity index (χ1) is 7.13. The summed E-state index contributed by atoms with van der Waals surface area (Å²) in [5.41, 5.74) is 0.893. The molecule has 1 aromatic rings. The van der Waals surface area contributed by atoms with Crippen molar-refractivity contribution in [1.29, 1.82) is 0 Å². The van der Waals surface area contributed by atoms with Crippen LogP contribution in [0.1, 0.15) is 12.5 Å². The number of methoxy groups -OCH3 is 1. The van der Waals surface area contributed by atoms with Crippen molar-refractivity contribution >= 4 is 34.3 Å². The molecule has 0 bridgehead atoms. The van der Waals surface area contributed by atoms with Gasteiger partial charge in [0, 0.05) is 12.5 Å². The first-order valence-corrected chi connectivity index (χ1v) is 5.47. The molecule has 0 heterocycles. The minimum Gasteiger partial charge on any atom is -0.497 e. The van der Waals surface area contributed by atoms with Gasteiger partial charge in [-0.05, 0) is 36.2 Å². The minimum absolute atomic E-state index is 0.115. The molecule has 1 rings (SSSR count). The zero-order valence-corrected chi connectivity index (χ0v) is 10.1. The number of rotatable bonds is 2. The lowest BCUT2D eigenvalue weighted by Gasteiger charge is -2.04. The van der Waals surface area contributed by atoms with Gasteiger partial charge in [0.05, 0.1) is 11.3 Å². The lowest BCUT2D eigenvalue weighted by molar-refractivity contribution is -0.117. The number of nitrogens with one attached hydrogen (secondary N) is 1. The number of thiocarbonyl (C=S) groups is 1. The number of amides is 1. The lowest BCUT2D eigenvalue weighted by Crippen LogP contribution is -2.13. The highest BCUT2D eigenvalue weighted by molar-refractivity contribution is 8.22. The summed E-state index contributed by atoms with van der Waals surface area (Å²) < 4.78 is 8.24. The Hall–Kier alpha value is -1.07. The van der Waals surface area contributed by atoms with E-state index in [0.717, 1.165) is 23.3 Å². The maximum Gasteiger partial charge on any atom is 0.226 e. The molecule has 15 heavy (non-hydrogen) atoms. The van der Waals surface area contributed by atoms with E-state index in [-0.39, 0.29) is 5.91 Å². The molecule has 0 radical (unpaired) electrons. The summed E-state index contributed by atoms with van der Waals surface area (Å²) in [5, 5.41) is 0. The van der Waals surface area contributed by atoms with Gasteiger partial charge in [-0.3, -0.25) is 9.52 Å². The van der Waals surface area contributed by atoms with Crippen molar-refractivity contribution in [3.05, 3.63) is 29.8 Å². The summed E-state index contributed by atoms with van der Waals surface area (Å²) in [5.74, 6) is 0.668. The van der Waals surface area contributed by atoms with Crippen LogP contribution in [-0.4, -0.2) is 17.2 Å². The van der Waals surface area contributed by atoms with E-state index in [2.05, 4.69) is 4.72 Å². The van der Waals surface area contributed by atoms with E-state index in [0.29, 0.717) is 4.20 Å². The van der Waals surface area contributed by atoms with Crippen LogP contribution in [0.4, 0.5) is 0 Å². The molecule has 0 unspecified atom stereocenters. The third-order valence-electron chi connectivity index (χ3n) is 1.61. The first kappa shape index (κ1) is 12.0. The fourth-order valence-electron chi connectivity index (χ4n) is 0.904. The molecule has 0 aromatic heterocycles. The number of hydrogen-bond acceptors (Lipinski definition) is 4. The minimum atomic E-state index is -0.115. The lowest BCUT2D eigenvalue weighted by atomic mass is 10.2. The second-order valence-electron chi connectivity index (χ2n) is 2.78. The van der Waals surface area contributed by atoms with E-state index < -0.39 is 0 Å². The summed E-state index contributed by atoms with van der Waals surface area (Å²) >= 11 is 6.27. The van der Waals surface area contributed by atoms with Crippen molar-refractivity contribution in [3.63, 3.8) is 0 Å². The molecule has 80 valence electrons. The molecular formula is C10H11NO2S2. The van der Waals surface area contributed by atoms with Crippen LogP contribution in [0.5, 0.6) is 5.75 Å². The molecule has 5 heteroatoms. The maximum atomic E-state index is 10.7. The molecule has 0 saturated carbocycles. The van der Waals surface area contributed by atoms with E-state index >= 15 is 0 Å². The van der Waals surface area contributed by atoms with Crippen LogP contribution in [0.2, 0.25) is 0 Å². The monoisotopic (exact) mass is 241 g/mol. The number of carbonyl (C=O) groups is 1. The van der Waals surface area contributed by atoms with Gasteiger partial charge < -0.3 is 4.74 Å². The van der Waals surface area contributed by atoms with Gasteiger partial charge in [0.1, 0.15) is 5.75 Å². The highest BCUT2D eigenvalue weighted by Crippen LogP contribution is 2.16. The van der Waals surface area contributed by atoms with Crippen LogP contribution in [-0.2, 0) is 4.79 Å². The summed E-state index contributed by atoms with van der Waals surface area (Å²) in [6.45, 7) is 1.45. The number of ether oxygens (including phenoxy) is 1. The van der Waals surface area contributed by atoms with E-state index in [9.17, 15) is 4.79 Å². The van der Waals surface area contributed by atoms with Gasteiger partial charge in [-0.15, -0.1) is 0 Å². The third-order valence-corrected chi connectivity index (χ3v) is 2.91. The van der Waals surface area contributed by atoms with Crippen LogP contribution in [0.3, 0.4) is 0 Å². The Balaban J connectivity index is 2.62. The van der Waals surface area contributed by atoms with Crippen LogP contribution in [0, 0.1) is 0 Å². The normalized spacial score (nSPS) is 9.47. The molecule has 0 spiro atoms. The Morgan fingerprint density at radius 3 is 2.47 bits per heavy atom. The molecule has 1 N–H and O–H groups in total. The Labute approximate surface area is 98.3 Å². The molecule has 3 nitrogen and oxygen atoms in total. The largest absolute Gasteiger partial charge is 0.497 e. The van der Waals surface area contributed by atoms with E-state index in [4.69, 9.17) is 17.0 Å². The molecule has 0 fully saturated rings. The van der Waals surface area contributed by atoms with Crippen molar-refractivity contribution in [2.75, 3.05) is 7.11 Å². The van der Waals surface area contributed by atoms with Gasteiger partial charge in [-0.25, -0.2) is 0 Å². The molecule has 0 aliphatic carbocycles. The zero-order valence-electron chi connectivity index (χ0n) is 8.44. The Kier molecular flexibility index (Phi) is 4.58. The quantitative estimate of drug-likeness (QED) is 0.636. The molecule has 0 aliphatic heterocycles. The standard InChI is InChI=1S/C10H11NO2S2/c1-7(12)11-15-10(14)8-3-5-9(13-2)6-4-8/h3-6H,1-2H3,(H,11,12). The van der Waals surface area contributed by atoms with Crippen molar-refractivity contribution in [2.45, 2.75) is 6.92 Å². The molecule has 0 atom stereocenters. The molecule has 0 aliphatic rings. The van der Waals surface area contributed by atoms with Gasteiger partial charge >= 0.3 is 0 Å². The van der Waals surface area contributed by atoms with Crippen molar-refractivity contribution in [1.82, 2.24) is 4.72 Å². The van der Waals surface area contributed by atoms with Crippen LogP contribution in [0.15, 0.2) is 24.3 Å². The van der Waals surface area contributed by atoms with E-state index in [1.807, 2.05) is 24.3 Å². The summed E-state index contributed by atoms with van der Waals surface area (Å²) in [6.07, 6.45) is 0. The average molecular weight is 241 g/mol. The topological polar surface area (TPSA) is 38.3 Å². The summed E-state index contributed by atoms with van der Waals surface area (Å²) in [7, 11) is 1.61. The zero-order chi connectivity index (χ0) is 11.3. The van der Waals surface area contributed by atoms with Crippen molar-refractivity contribution < 1.29 is 9.53 Å². The highest BCUT2D eigenvalue weighted by atomic mass is 32.2. The van der Waals surface area contributed by atoms with Gasteiger partial charge in [-0.2, -0.15) is 0 Å². The van der Waals surface area contributed by atoms with E-state index in [1.54, 1.807) is 7.11 Å². The molecule has 0 saturated heterocycles. The first-order valence-electron chi connectivity index (χ1n) is 4.25.